The fourth-order valence-electron chi connectivity index (χ4n) is 2.37. The van der Waals surface area contributed by atoms with Gasteiger partial charge in [0.1, 0.15) is 0 Å². The van der Waals surface area contributed by atoms with Crippen LogP contribution in [0.25, 0.3) is 17.8 Å². The van der Waals surface area contributed by atoms with Gasteiger partial charge in [-0.1, -0.05) is 59.3 Å². The van der Waals surface area contributed by atoms with Crippen LogP contribution in [0.3, 0.4) is 0 Å². The molecule has 4 nitrogen and oxygen atoms in total. The number of aldehydes is 1. The van der Waals surface area contributed by atoms with E-state index in [1.54, 1.807) is 4.68 Å². The molecule has 0 amide bonds. The highest BCUT2D eigenvalue weighted by atomic mass is 16.1. The van der Waals surface area contributed by atoms with Crippen molar-refractivity contribution in [2.75, 3.05) is 0 Å². The first-order valence-corrected chi connectivity index (χ1v) is 7.40. The van der Waals surface area contributed by atoms with Crippen LogP contribution in [0.2, 0.25) is 0 Å². The van der Waals surface area contributed by atoms with Crippen molar-refractivity contribution in [2.45, 2.75) is 13.8 Å². The average molecular weight is 303 g/mol. The molecular formula is C19H17N3O. The lowest BCUT2D eigenvalue weighted by Gasteiger charge is -2.06. The van der Waals surface area contributed by atoms with Crippen molar-refractivity contribution in [3.05, 3.63) is 76.6 Å². The predicted octanol–water partition coefficient (Wildman–Crippen LogP) is 3.87. The van der Waals surface area contributed by atoms with Crippen LogP contribution in [0.4, 0.5) is 0 Å². The molecule has 0 N–H and O–H groups in total. The number of para-hydroxylation sites is 1. The van der Waals surface area contributed by atoms with Gasteiger partial charge in [-0.25, -0.2) is 4.68 Å². The maximum absolute atomic E-state index is 11.3. The van der Waals surface area contributed by atoms with Gasteiger partial charge < -0.3 is 0 Å². The van der Waals surface area contributed by atoms with Crippen molar-refractivity contribution in [1.29, 1.82) is 0 Å². The van der Waals surface area contributed by atoms with Crippen LogP contribution in [0.1, 0.15) is 32.9 Å². The molecule has 0 saturated carbocycles. The summed E-state index contributed by atoms with van der Waals surface area (Å²) < 4.78 is 1.70. The van der Waals surface area contributed by atoms with Crippen molar-refractivity contribution >= 4 is 18.4 Å². The van der Waals surface area contributed by atoms with E-state index >= 15 is 0 Å². The van der Waals surface area contributed by atoms with Gasteiger partial charge in [-0.15, -0.1) is 5.10 Å². The molecule has 3 rings (SSSR count). The highest BCUT2D eigenvalue weighted by molar-refractivity contribution is 5.82. The molecule has 0 aliphatic heterocycles. The van der Waals surface area contributed by atoms with Crippen LogP contribution in [-0.2, 0) is 0 Å². The zero-order valence-corrected chi connectivity index (χ0v) is 13.1. The average Bonchev–Trinajstić information content (AvgIpc) is 2.97. The zero-order valence-electron chi connectivity index (χ0n) is 13.1. The third-order valence-corrected chi connectivity index (χ3v) is 3.70. The minimum absolute atomic E-state index is 0.330. The van der Waals surface area contributed by atoms with E-state index in [4.69, 9.17) is 0 Å². The molecule has 4 heteroatoms. The molecule has 23 heavy (non-hydrogen) atoms. The molecule has 0 radical (unpaired) electrons. The summed E-state index contributed by atoms with van der Waals surface area (Å²) in [6.07, 6.45) is 4.57. The molecule has 1 heterocycles. The molecule has 114 valence electrons. The number of carbonyl (C=O) groups is 1. The van der Waals surface area contributed by atoms with Gasteiger partial charge in [-0.2, -0.15) is 0 Å². The van der Waals surface area contributed by atoms with Gasteiger partial charge in [0.15, 0.2) is 12.0 Å². The Morgan fingerprint density at radius 2 is 1.70 bits per heavy atom. The van der Waals surface area contributed by atoms with E-state index in [0.29, 0.717) is 11.4 Å². The van der Waals surface area contributed by atoms with Gasteiger partial charge in [0.2, 0.25) is 0 Å². The third kappa shape index (κ3) is 3.11. The van der Waals surface area contributed by atoms with Crippen molar-refractivity contribution in [3.8, 4) is 5.69 Å². The lowest BCUT2D eigenvalue weighted by atomic mass is 10.1. The molecule has 0 fully saturated rings. The molecule has 0 aliphatic carbocycles. The molecule has 0 unspecified atom stereocenters. The van der Waals surface area contributed by atoms with Crippen LogP contribution in [0.5, 0.6) is 0 Å². The van der Waals surface area contributed by atoms with Gasteiger partial charge in [0.25, 0.3) is 0 Å². The second-order valence-electron chi connectivity index (χ2n) is 5.42. The van der Waals surface area contributed by atoms with Gasteiger partial charge in [-0.3, -0.25) is 4.79 Å². The summed E-state index contributed by atoms with van der Waals surface area (Å²) in [7, 11) is 0. The monoisotopic (exact) mass is 303 g/mol. The molecule has 0 spiro atoms. The van der Waals surface area contributed by atoms with Crippen LogP contribution in [0, 0.1) is 13.8 Å². The van der Waals surface area contributed by atoms with Gasteiger partial charge in [0, 0.05) is 0 Å². The van der Waals surface area contributed by atoms with E-state index in [1.165, 1.54) is 5.56 Å². The summed E-state index contributed by atoms with van der Waals surface area (Å²) in [5.74, 6) is 0. The minimum Gasteiger partial charge on any atom is -0.296 e. The van der Waals surface area contributed by atoms with E-state index in [-0.39, 0.29) is 0 Å². The van der Waals surface area contributed by atoms with E-state index in [9.17, 15) is 4.79 Å². The number of hydrogen-bond acceptors (Lipinski definition) is 3. The molecular weight excluding hydrogens is 286 g/mol. The first-order valence-electron chi connectivity index (χ1n) is 7.40. The van der Waals surface area contributed by atoms with E-state index < -0.39 is 0 Å². The van der Waals surface area contributed by atoms with Gasteiger partial charge in [0.05, 0.1) is 11.4 Å². The normalized spacial score (nSPS) is 11.0. The maximum atomic E-state index is 11.3. The smallest absolute Gasteiger partial charge is 0.172 e. The molecule has 2 aromatic carbocycles. The zero-order chi connectivity index (χ0) is 16.2. The summed E-state index contributed by atoms with van der Waals surface area (Å²) in [4.78, 5) is 11.3. The molecule has 3 aromatic rings. The molecule has 1 aromatic heterocycles. The highest BCUT2D eigenvalue weighted by Gasteiger charge is 2.12. The fraction of sp³-hybridized carbons (Fsp3) is 0.105. The summed E-state index contributed by atoms with van der Waals surface area (Å²) in [6.45, 7) is 4.06. The number of aromatic nitrogens is 3. The summed E-state index contributed by atoms with van der Waals surface area (Å²) in [6, 6.07) is 16.1. The molecule has 0 aliphatic rings. The molecule has 0 bridgehead atoms. The second-order valence-corrected chi connectivity index (χ2v) is 5.42. The van der Waals surface area contributed by atoms with Crippen molar-refractivity contribution in [1.82, 2.24) is 15.0 Å². The van der Waals surface area contributed by atoms with Crippen molar-refractivity contribution in [3.63, 3.8) is 0 Å². The largest absolute Gasteiger partial charge is 0.296 e. The third-order valence-electron chi connectivity index (χ3n) is 3.70. The molecule has 0 atom stereocenters. The topological polar surface area (TPSA) is 47.8 Å². The van der Waals surface area contributed by atoms with Gasteiger partial charge >= 0.3 is 0 Å². The first-order chi connectivity index (χ1) is 11.2. The van der Waals surface area contributed by atoms with E-state index in [1.807, 2.05) is 55.5 Å². The predicted molar refractivity (Wildman–Crippen MR) is 91.6 cm³/mol. The Labute approximate surface area is 135 Å². The SMILES string of the molecule is Cc1ccc(/C=C/c2c(C=O)nnn2-c2ccccc2C)cc1. The summed E-state index contributed by atoms with van der Waals surface area (Å²) in [5, 5.41) is 8.10. The number of rotatable bonds is 4. The molecule has 0 saturated heterocycles. The van der Waals surface area contributed by atoms with E-state index in [0.717, 1.165) is 23.1 Å². The lowest BCUT2D eigenvalue weighted by Crippen LogP contribution is -2.01. The Morgan fingerprint density at radius 3 is 2.39 bits per heavy atom. The number of benzene rings is 2. The Bertz CT molecular complexity index is 861. The van der Waals surface area contributed by atoms with Crippen LogP contribution < -0.4 is 0 Å². The number of hydrogen-bond donors (Lipinski definition) is 0. The van der Waals surface area contributed by atoms with Crippen LogP contribution >= 0.6 is 0 Å². The van der Waals surface area contributed by atoms with Gasteiger partial charge in [-0.05, 0) is 37.1 Å². The Hall–Kier alpha value is -3.01. The van der Waals surface area contributed by atoms with E-state index in [2.05, 4.69) is 29.4 Å². The number of carbonyl (C=O) groups excluding carboxylic acids is 1. The Kier molecular flexibility index (Phi) is 4.15. The van der Waals surface area contributed by atoms with Crippen LogP contribution in [0.15, 0.2) is 48.5 Å². The number of nitrogens with zero attached hydrogens (tertiary/aromatic N) is 3. The standard InChI is InChI=1S/C19H17N3O/c1-14-7-9-16(10-8-14)11-12-19-17(13-23)20-21-22(19)18-6-4-3-5-15(18)2/h3-13H,1-2H3/b12-11+. The maximum Gasteiger partial charge on any atom is 0.172 e. The summed E-state index contributed by atoms with van der Waals surface area (Å²) in [5.41, 5.74) is 5.26. The van der Waals surface area contributed by atoms with Crippen molar-refractivity contribution in [2.24, 2.45) is 0 Å². The summed E-state index contributed by atoms with van der Waals surface area (Å²) >= 11 is 0. The first kappa shape index (κ1) is 14.9. The fourth-order valence-corrected chi connectivity index (χ4v) is 2.37. The highest BCUT2D eigenvalue weighted by Crippen LogP contribution is 2.18. The Morgan fingerprint density at radius 1 is 0.957 bits per heavy atom. The van der Waals surface area contributed by atoms with Crippen molar-refractivity contribution < 1.29 is 4.79 Å². The quantitative estimate of drug-likeness (QED) is 0.687. The Balaban J connectivity index is 2.04. The lowest BCUT2D eigenvalue weighted by molar-refractivity contribution is 0.111. The van der Waals surface area contributed by atoms with Crippen LogP contribution in [-0.4, -0.2) is 21.3 Å². The second kappa shape index (κ2) is 6.40. The minimum atomic E-state index is 0.330. The number of aryl methyl sites for hydroxylation is 2.